The Morgan fingerprint density at radius 3 is 2.23 bits per heavy atom. The van der Waals surface area contributed by atoms with E-state index in [-0.39, 0.29) is 10.6 Å². The topological polar surface area (TPSA) is 97.3 Å². The van der Waals surface area contributed by atoms with Crippen LogP contribution in [0.1, 0.15) is 12.5 Å². The Balaban J connectivity index is 1.49. The first-order valence-corrected chi connectivity index (χ1v) is 13.8. The van der Waals surface area contributed by atoms with Gasteiger partial charge in [0, 0.05) is 5.02 Å². The zero-order valence-corrected chi connectivity index (χ0v) is 22.6. The molecule has 4 aromatic rings. The highest BCUT2D eigenvalue weighted by Gasteiger charge is 2.29. The molecule has 4 aromatic carbocycles. The zero-order chi connectivity index (χ0) is 27.7. The molecular weight excluding hydrogens is 538 g/mol. The SMILES string of the molecule is CCOc1ccccc1N(CC(=O)N/N=C\c1ccc(Oc2ccccc2)cc1)S(=O)(=O)c1ccc(Cl)cc1. The van der Waals surface area contributed by atoms with Crippen LogP contribution < -0.4 is 19.2 Å². The van der Waals surface area contributed by atoms with Gasteiger partial charge in [-0.05, 0) is 85.3 Å². The average Bonchev–Trinajstić information content (AvgIpc) is 2.94. The van der Waals surface area contributed by atoms with Crippen molar-refractivity contribution in [3.8, 4) is 17.2 Å². The fraction of sp³-hybridized carbons (Fsp3) is 0.103. The second kappa shape index (κ2) is 12.9. The summed E-state index contributed by atoms with van der Waals surface area (Å²) in [6, 6.07) is 28.8. The summed E-state index contributed by atoms with van der Waals surface area (Å²) in [5.41, 5.74) is 3.34. The average molecular weight is 564 g/mol. The molecule has 0 saturated carbocycles. The third-order valence-corrected chi connectivity index (χ3v) is 7.41. The fourth-order valence-electron chi connectivity index (χ4n) is 3.57. The minimum Gasteiger partial charge on any atom is -0.492 e. The molecular formula is C29H26ClN3O5S. The van der Waals surface area contributed by atoms with Gasteiger partial charge in [0.15, 0.2) is 0 Å². The number of carbonyl (C=O) groups excluding carboxylic acids is 1. The van der Waals surface area contributed by atoms with Crippen molar-refractivity contribution in [3.63, 3.8) is 0 Å². The second-order valence-electron chi connectivity index (χ2n) is 8.14. The van der Waals surface area contributed by atoms with Crippen LogP contribution in [0.25, 0.3) is 0 Å². The van der Waals surface area contributed by atoms with Crippen LogP contribution in [-0.4, -0.2) is 33.7 Å². The number of nitrogens with zero attached hydrogens (tertiary/aromatic N) is 2. The van der Waals surface area contributed by atoms with Crippen molar-refractivity contribution in [2.75, 3.05) is 17.5 Å². The van der Waals surface area contributed by atoms with Crippen molar-refractivity contribution >= 4 is 39.4 Å². The molecule has 39 heavy (non-hydrogen) atoms. The quantitative estimate of drug-likeness (QED) is 0.182. The van der Waals surface area contributed by atoms with E-state index in [9.17, 15) is 13.2 Å². The van der Waals surface area contributed by atoms with Crippen molar-refractivity contribution < 1.29 is 22.7 Å². The Hall–Kier alpha value is -4.34. The highest BCUT2D eigenvalue weighted by Crippen LogP contribution is 2.32. The lowest BCUT2D eigenvalue weighted by atomic mass is 10.2. The number of para-hydroxylation sites is 3. The maximum atomic E-state index is 13.6. The molecule has 0 aliphatic rings. The number of benzene rings is 4. The van der Waals surface area contributed by atoms with E-state index in [1.807, 2.05) is 30.3 Å². The molecule has 0 fully saturated rings. The lowest BCUT2D eigenvalue weighted by Crippen LogP contribution is -2.39. The third-order valence-electron chi connectivity index (χ3n) is 5.38. The van der Waals surface area contributed by atoms with Gasteiger partial charge in [-0.1, -0.05) is 41.9 Å². The van der Waals surface area contributed by atoms with E-state index in [1.54, 1.807) is 55.5 Å². The first kappa shape index (κ1) is 27.7. The maximum Gasteiger partial charge on any atom is 0.264 e. The predicted octanol–water partition coefficient (Wildman–Crippen LogP) is 5.88. The van der Waals surface area contributed by atoms with Gasteiger partial charge in [-0.3, -0.25) is 9.10 Å². The number of rotatable bonds is 11. The van der Waals surface area contributed by atoms with Gasteiger partial charge in [-0.2, -0.15) is 5.10 Å². The molecule has 200 valence electrons. The summed E-state index contributed by atoms with van der Waals surface area (Å²) < 4.78 is 39.6. The molecule has 0 aromatic heterocycles. The van der Waals surface area contributed by atoms with Crippen molar-refractivity contribution in [3.05, 3.63) is 114 Å². The normalized spacial score (nSPS) is 11.2. The summed E-state index contributed by atoms with van der Waals surface area (Å²) in [7, 11) is -4.15. The number of amides is 1. The molecule has 8 nitrogen and oxygen atoms in total. The van der Waals surface area contributed by atoms with Gasteiger partial charge >= 0.3 is 0 Å². The first-order chi connectivity index (χ1) is 18.9. The van der Waals surface area contributed by atoms with E-state index in [4.69, 9.17) is 21.1 Å². The summed E-state index contributed by atoms with van der Waals surface area (Å²) in [5.74, 6) is 1.05. The van der Waals surface area contributed by atoms with E-state index in [0.29, 0.717) is 28.7 Å². The fourth-order valence-corrected chi connectivity index (χ4v) is 5.12. The number of halogens is 1. The van der Waals surface area contributed by atoms with Crippen LogP contribution in [0.5, 0.6) is 17.2 Å². The van der Waals surface area contributed by atoms with Gasteiger partial charge in [0.2, 0.25) is 0 Å². The minimum absolute atomic E-state index is 0.0210. The first-order valence-electron chi connectivity index (χ1n) is 12.0. The van der Waals surface area contributed by atoms with Crippen molar-refractivity contribution in [2.24, 2.45) is 5.10 Å². The summed E-state index contributed by atoms with van der Waals surface area (Å²) in [4.78, 5) is 12.8. The van der Waals surface area contributed by atoms with Gasteiger partial charge in [-0.15, -0.1) is 0 Å². The van der Waals surface area contributed by atoms with Crippen LogP contribution in [0.3, 0.4) is 0 Å². The lowest BCUT2D eigenvalue weighted by molar-refractivity contribution is -0.119. The van der Waals surface area contributed by atoms with Crippen LogP contribution in [0.2, 0.25) is 5.02 Å². The van der Waals surface area contributed by atoms with E-state index >= 15 is 0 Å². The lowest BCUT2D eigenvalue weighted by Gasteiger charge is -2.25. The minimum atomic E-state index is -4.15. The Labute approximate surface area is 232 Å². The Morgan fingerprint density at radius 1 is 0.897 bits per heavy atom. The van der Waals surface area contributed by atoms with Crippen molar-refractivity contribution in [1.29, 1.82) is 0 Å². The Bertz CT molecular complexity index is 1530. The number of carbonyl (C=O) groups is 1. The van der Waals surface area contributed by atoms with Crippen LogP contribution in [0, 0.1) is 0 Å². The summed E-state index contributed by atoms with van der Waals surface area (Å²) in [5, 5.41) is 4.38. The molecule has 4 rings (SSSR count). The highest BCUT2D eigenvalue weighted by atomic mass is 35.5. The highest BCUT2D eigenvalue weighted by molar-refractivity contribution is 7.92. The van der Waals surface area contributed by atoms with E-state index < -0.39 is 22.5 Å². The number of ether oxygens (including phenoxy) is 2. The molecule has 0 aliphatic carbocycles. The molecule has 0 unspecified atom stereocenters. The standard InChI is InChI=1S/C29H26ClN3O5S/c1-2-37-28-11-7-6-10-27(28)33(39(35,36)26-18-14-23(30)15-19-26)21-29(34)32-31-20-22-12-16-25(17-13-22)38-24-8-4-3-5-9-24/h3-20H,2,21H2,1H3,(H,32,34)/b31-20-. The molecule has 1 amide bonds. The number of anilines is 1. The third kappa shape index (κ3) is 7.37. The second-order valence-corrected chi connectivity index (χ2v) is 10.4. The van der Waals surface area contributed by atoms with Crippen LogP contribution in [-0.2, 0) is 14.8 Å². The number of hydrazone groups is 1. The van der Waals surface area contributed by atoms with Gasteiger partial charge in [0.25, 0.3) is 15.9 Å². The van der Waals surface area contributed by atoms with E-state index in [1.165, 1.54) is 30.5 Å². The molecule has 10 heteroatoms. The van der Waals surface area contributed by atoms with E-state index in [0.717, 1.165) is 10.1 Å². The Kier molecular flexibility index (Phi) is 9.19. The van der Waals surface area contributed by atoms with Crippen molar-refractivity contribution in [2.45, 2.75) is 11.8 Å². The van der Waals surface area contributed by atoms with Gasteiger partial charge < -0.3 is 9.47 Å². The largest absolute Gasteiger partial charge is 0.492 e. The summed E-state index contributed by atoms with van der Waals surface area (Å²) >= 11 is 5.95. The van der Waals surface area contributed by atoms with Crippen molar-refractivity contribution in [1.82, 2.24) is 5.43 Å². The molecule has 0 saturated heterocycles. The zero-order valence-electron chi connectivity index (χ0n) is 21.0. The van der Waals surface area contributed by atoms with Crippen LogP contribution in [0.4, 0.5) is 5.69 Å². The monoisotopic (exact) mass is 563 g/mol. The molecule has 0 atom stereocenters. The molecule has 1 N–H and O–H groups in total. The number of nitrogens with one attached hydrogen (secondary N) is 1. The number of hydrogen-bond donors (Lipinski definition) is 1. The van der Waals surface area contributed by atoms with Gasteiger partial charge in [-0.25, -0.2) is 13.8 Å². The van der Waals surface area contributed by atoms with E-state index in [2.05, 4.69) is 10.5 Å². The number of sulfonamides is 1. The molecule has 0 aliphatic heterocycles. The summed E-state index contributed by atoms with van der Waals surface area (Å²) in [6.45, 7) is 1.57. The molecule has 0 heterocycles. The Morgan fingerprint density at radius 2 is 1.54 bits per heavy atom. The molecule has 0 bridgehead atoms. The van der Waals surface area contributed by atoms with Gasteiger partial charge in [0.05, 0.1) is 23.4 Å². The smallest absolute Gasteiger partial charge is 0.264 e. The number of hydrogen-bond acceptors (Lipinski definition) is 6. The van der Waals surface area contributed by atoms with Crippen LogP contribution in [0.15, 0.2) is 113 Å². The molecule has 0 radical (unpaired) electrons. The summed E-state index contributed by atoms with van der Waals surface area (Å²) in [6.07, 6.45) is 1.45. The predicted molar refractivity (Wildman–Crippen MR) is 152 cm³/mol. The van der Waals surface area contributed by atoms with Gasteiger partial charge in [0.1, 0.15) is 23.8 Å². The molecule has 0 spiro atoms. The van der Waals surface area contributed by atoms with Crippen LogP contribution >= 0.6 is 11.6 Å². The maximum absolute atomic E-state index is 13.6.